The molecule has 0 bridgehead atoms. The van der Waals surface area contributed by atoms with E-state index in [4.69, 9.17) is 0 Å². The summed E-state index contributed by atoms with van der Waals surface area (Å²) in [7, 11) is 1.78. The molecule has 9 heteroatoms. The molecule has 0 aliphatic carbocycles. The molecule has 0 aliphatic rings. The minimum Gasteiger partial charge on any atom is -0.329 e. The molecule has 3 aromatic rings. The molecule has 0 saturated carbocycles. The highest BCUT2D eigenvalue weighted by Crippen LogP contribution is 2.34. The van der Waals surface area contributed by atoms with Gasteiger partial charge in [0.25, 0.3) is 0 Å². The Morgan fingerprint density at radius 1 is 1.33 bits per heavy atom. The van der Waals surface area contributed by atoms with Crippen molar-refractivity contribution >= 4 is 28.7 Å². The number of nitroso groups, excluding NO2 is 1. The fourth-order valence-corrected chi connectivity index (χ4v) is 2.40. The Hall–Kier alpha value is -2.29. The van der Waals surface area contributed by atoms with Gasteiger partial charge in [-0.2, -0.15) is 0 Å². The van der Waals surface area contributed by atoms with Crippen LogP contribution in [0.5, 0.6) is 0 Å². The maximum absolute atomic E-state index is 10.7. The summed E-state index contributed by atoms with van der Waals surface area (Å²) in [5.74, 6) is 0.143. The second-order valence-corrected chi connectivity index (χ2v) is 4.43. The molecule has 0 aromatic carbocycles. The number of aromatic nitrogens is 6. The van der Waals surface area contributed by atoms with Gasteiger partial charge in [-0.1, -0.05) is 0 Å². The summed E-state index contributed by atoms with van der Waals surface area (Å²) in [6, 6.07) is 0. The van der Waals surface area contributed by atoms with E-state index in [0.717, 1.165) is 0 Å². The van der Waals surface area contributed by atoms with E-state index in [1.165, 1.54) is 24.4 Å². The van der Waals surface area contributed by atoms with Gasteiger partial charge >= 0.3 is 0 Å². The molecule has 0 unspecified atom stereocenters. The van der Waals surface area contributed by atoms with Crippen LogP contribution in [0.3, 0.4) is 0 Å². The highest BCUT2D eigenvalue weighted by molar-refractivity contribution is 7.99. The summed E-state index contributed by atoms with van der Waals surface area (Å²) in [5.41, 5.74) is 1.30. The van der Waals surface area contributed by atoms with Gasteiger partial charge in [0, 0.05) is 7.05 Å². The van der Waals surface area contributed by atoms with Gasteiger partial charge in [-0.15, -0.1) is 4.91 Å². The number of H-pyrrole nitrogens is 1. The van der Waals surface area contributed by atoms with Gasteiger partial charge in [-0.05, 0) is 16.9 Å². The van der Waals surface area contributed by atoms with Crippen molar-refractivity contribution in [3.63, 3.8) is 0 Å². The number of rotatable bonds is 3. The maximum atomic E-state index is 10.7. The number of imidazole rings is 2. The van der Waals surface area contributed by atoms with Crippen LogP contribution in [-0.2, 0) is 7.05 Å². The average molecular weight is 261 g/mol. The average Bonchev–Trinajstić information content (AvgIpc) is 2.98. The first-order chi connectivity index (χ1) is 8.79. The molecule has 0 radical (unpaired) electrons. The van der Waals surface area contributed by atoms with Crippen molar-refractivity contribution in [3.05, 3.63) is 23.9 Å². The van der Waals surface area contributed by atoms with Crippen molar-refractivity contribution in [1.29, 1.82) is 0 Å². The van der Waals surface area contributed by atoms with Gasteiger partial charge in [0.15, 0.2) is 5.65 Å². The molecule has 18 heavy (non-hydrogen) atoms. The van der Waals surface area contributed by atoms with Crippen LogP contribution in [0.2, 0.25) is 0 Å². The summed E-state index contributed by atoms with van der Waals surface area (Å²) < 4.78 is 1.71. The molecule has 0 atom stereocenters. The molecule has 3 aromatic heterocycles. The van der Waals surface area contributed by atoms with E-state index in [-0.39, 0.29) is 5.82 Å². The third-order valence-corrected chi connectivity index (χ3v) is 3.48. The SMILES string of the molecule is Cn1cnc(N=O)c1Sc1ncnc2[nH]cnc12. The molecule has 0 saturated heterocycles. The Balaban J connectivity index is 2.09. The highest BCUT2D eigenvalue weighted by Gasteiger charge is 2.15. The van der Waals surface area contributed by atoms with E-state index < -0.39 is 0 Å². The smallest absolute Gasteiger partial charge is 0.229 e. The van der Waals surface area contributed by atoms with Crippen molar-refractivity contribution in [2.75, 3.05) is 0 Å². The number of hydrogen-bond acceptors (Lipinski definition) is 7. The van der Waals surface area contributed by atoms with Gasteiger partial charge in [0.2, 0.25) is 5.82 Å². The van der Waals surface area contributed by atoms with Crippen LogP contribution in [0.15, 0.2) is 34.2 Å². The summed E-state index contributed by atoms with van der Waals surface area (Å²) in [6.07, 6.45) is 4.51. The van der Waals surface area contributed by atoms with Gasteiger partial charge in [0.1, 0.15) is 21.9 Å². The first-order valence-electron chi connectivity index (χ1n) is 4.96. The van der Waals surface area contributed by atoms with Crippen LogP contribution >= 0.6 is 11.8 Å². The molecule has 0 amide bonds. The molecule has 3 heterocycles. The van der Waals surface area contributed by atoms with Crippen molar-refractivity contribution in [3.8, 4) is 0 Å². The molecular formula is C9H7N7OS. The lowest BCUT2D eigenvalue weighted by Crippen LogP contribution is -1.90. The molecule has 90 valence electrons. The Labute approximate surface area is 105 Å². The summed E-state index contributed by atoms with van der Waals surface area (Å²) in [4.78, 5) is 29.8. The summed E-state index contributed by atoms with van der Waals surface area (Å²) in [5, 5.41) is 4.15. The number of nitrogens with one attached hydrogen (secondary N) is 1. The second-order valence-electron chi connectivity index (χ2n) is 3.46. The van der Waals surface area contributed by atoms with E-state index >= 15 is 0 Å². The maximum Gasteiger partial charge on any atom is 0.229 e. The predicted octanol–water partition coefficient (Wildman–Crippen LogP) is 1.64. The molecule has 8 nitrogen and oxygen atoms in total. The first kappa shape index (κ1) is 10.8. The number of nitrogens with zero attached hydrogens (tertiary/aromatic N) is 6. The predicted molar refractivity (Wildman–Crippen MR) is 64.5 cm³/mol. The van der Waals surface area contributed by atoms with Gasteiger partial charge < -0.3 is 9.55 Å². The Kier molecular flexibility index (Phi) is 2.52. The normalized spacial score (nSPS) is 10.9. The fraction of sp³-hybridized carbons (Fsp3) is 0.111. The van der Waals surface area contributed by atoms with Gasteiger partial charge in [-0.25, -0.2) is 19.9 Å². The lowest BCUT2D eigenvalue weighted by atomic mass is 10.6. The highest BCUT2D eigenvalue weighted by atomic mass is 32.2. The molecule has 0 fully saturated rings. The molecule has 1 N–H and O–H groups in total. The van der Waals surface area contributed by atoms with E-state index in [2.05, 4.69) is 30.1 Å². The van der Waals surface area contributed by atoms with Crippen LogP contribution in [-0.4, -0.2) is 29.5 Å². The largest absolute Gasteiger partial charge is 0.329 e. The zero-order chi connectivity index (χ0) is 12.5. The zero-order valence-corrected chi connectivity index (χ0v) is 10.0. The van der Waals surface area contributed by atoms with E-state index in [9.17, 15) is 4.91 Å². The topological polar surface area (TPSA) is 102 Å². The summed E-state index contributed by atoms with van der Waals surface area (Å²) in [6.45, 7) is 0. The fourth-order valence-electron chi connectivity index (χ4n) is 1.50. The van der Waals surface area contributed by atoms with Crippen LogP contribution in [0.1, 0.15) is 0 Å². The van der Waals surface area contributed by atoms with Crippen LogP contribution in [0.25, 0.3) is 11.2 Å². The molecule has 0 spiro atoms. The number of aryl methyl sites for hydroxylation is 1. The first-order valence-corrected chi connectivity index (χ1v) is 5.78. The zero-order valence-electron chi connectivity index (χ0n) is 9.23. The van der Waals surface area contributed by atoms with Crippen LogP contribution in [0.4, 0.5) is 5.82 Å². The third kappa shape index (κ3) is 1.64. The Morgan fingerprint density at radius 2 is 2.22 bits per heavy atom. The van der Waals surface area contributed by atoms with Crippen molar-refractivity contribution in [1.82, 2.24) is 29.5 Å². The van der Waals surface area contributed by atoms with Gasteiger partial charge in [-0.3, -0.25) is 0 Å². The van der Waals surface area contributed by atoms with Crippen LogP contribution in [0, 0.1) is 4.91 Å². The van der Waals surface area contributed by atoms with Crippen molar-refractivity contribution in [2.45, 2.75) is 10.1 Å². The minimum absolute atomic E-state index is 0.143. The van der Waals surface area contributed by atoms with E-state index in [1.807, 2.05) is 0 Å². The lowest BCUT2D eigenvalue weighted by molar-refractivity contribution is 0.823. The van der Waals surface area contributed by atoms with Crippen molar-refractivity contribution in [2.24, 2.45) is 12.2 Å². The standard InChI is InChI=1S/C9H7N7OS/c1-16-4-14-7(15-17)9(16)18-8-5-6(11-2-10-5)12-3-13-8/h2-4H,1H3,(H,10,11,12,13). The molecule has 3 rings (SSSR count). The monoisotopic (exact) mass is 261 g/mol. The lowest BCUT2D eigenvalue weighted by Gasteiger charge is -2.01. The minimum atomic E-state index is 0.143. The van der Waals surface area contributed by atoms with Crippen LogP contribution < -0.4 is 0 Å². The molecule has 0 aliphatic heterocycles. The van der Waals surface area contributed by atoms with E-state index in [0.29, 0.717) is 21.2 Å². The number of aromatic amines is 1. The van der Waals surface area contributed by atoms with Crippen molar-refractivity contribution < 1.29 is 0 Å². The molecular weight excluding hydrogens is 254 g/mol. The number of fused-ring (bicyclic) bond motifs is 1. The van der Waals surface area contributed by atoms with Gasteiger partial charge in [0.05, 0.1) is 12.7 Å². The summed E-state index contributed by atoms with van der Waals surface area (Å²) >= 11 is 1.28. The number of hydrogen-bond donors (Lipinski definition) is 1. The Bertz CT molecular complexity index is 719. The van der Waals surface area contributed by atoms with E-state index in [1.54, 1.807) is 17.9 Å². The second kappa shape index (κ2) is 4.18. The quantitative estimate of drug-likeness (QED) is 0.568. The third-order valence-electron chi connectivity index (χ3n) is 2.33. The Morgan fingerprint density at radius 3 is 3.06 bits per heavy atom.